The van der Waals surface area contributed by atoms with E-state index in [0.717, 1.165) is 16.6 Å². The number of halogens is 1. The lowest BCUT2D eigenvalue weighted by Gasteiger charge is -2.05. The van der Waals surface area contributed by atoms with Crippen molar-refractivity contribution in [2.45, 2.75) is 18.6 Å². The third-order valence-corrected chi connectivity index (χ3v) is 4.99. The number of aliphatic imine (C=N–C) groups is 1. The largest absolute Gasteiger partial charge is 0.304 e. The number of carbonyl (C=O) groups excluding carboxylic acids is 1. The highest BCUT2D eigenvalue weighted by Gasteiger charge is 2.30. The Kier molecular flexibility index (Phi) is 4.64. The molecule has 22 heavy (non-hydrogen) atoms. The number of nitrogens with zero attached hydrogens (tertiary/aromatic N) is 1. The summed E-state index contributed by atoms with van der Waals surface area (Å²) < 4.78 is 1.01. The lowest BCUT2D eigenvalue weighted by Crippen LogP contribution is -2.25. The molecule has 1 heterocycles. The topological polar surface area (TPSA) is 41.5 Å². The van der Waals surface area contributed by atoms with Crippen molar-refractivity contribution >= 4 is 44.5 Å². The van der Waals surface area contributed by atoms with Crippen LogP contribution >= 0.6 is 27.7 Å². The lowest BCUT2D eigenvalue weighted by atomic mass is 10.1. The Labute approximate surface area is 142 Å². The van der Waals surface area contributed by atoms with Crippen LogP contribution in [0, 0.1) is 6.92 Å². The molecule has 0 saturated carbocycles. The predicted octanol–water partition coefficient (Wildman–Crippen LogP) is 4.22. The second kappa shape index (κ2) is 6.67. The summed E-state index contributed by atoms with van der Waals surface area (Å²) in [6.45, 7) is 2.06. The average molecular weight is 375 g/mol. The number of hydrogen-bond acceptors (Lipinski definition) is 3. The molecule has 0 radical (unpaired) electrons. The van der Waals surface area contributed by atoms with Gasteiger partial charge in [-0.3, -0.25) is 4.79 Å². The zero-order chi connectivity index (χ0) is 15.5. The number of amidine groups is 1. The summed E-state index contributed by atoms with van der Waals surface area (Å²) in [6, 6.07) is 16.0. The van der Waals surface area contributed by atoms with Crippen LogP contribution in [0.1, 0.15) is 11.1 Å². The lowest BCUT2D eigenvalue weighted by molar-refractivity contribution is -0.118. The van der Waals surface area contributed by atoms with Gasteiger partial charge in [-0.05, 0) is 43.2 Å². The second-order valence-electron chi connectivity index (χ2n) is 5.18. The van der Waals surface area contributed by atoms with Crippen LogP contribution in [0.3, 0.4) is 0 Å². The first kappa shape index (κ1) is 15.3. The maximum atomic E-state index is 12.1. The van der Waals surface area contributed by atoms with Crippen LogP contribution in [0.15, 0.2) is 58.0 Å². The highest BCUT2D eigenvalue weighted by atomic mass is 79.9. The molecule has 1 N–H and O–H groups in total. The van der Waals surface area contributed by atoms with Gasteiger partial charge in [0.05, 0.1) is 10.9 Å². The van der Waals surface area contributed by atoms with Gasteiger partial charge < -0.3 is 5.32 Å². The molecular weight excluding hydrogens is 360 g/mol. The van der Waals surface area contributed by atoms with E-state index in [2.05, 4.69) is 57.4 Å². The van der Waals surface area contributed by atoms with Gasteiger partial charge in [-0.1, -0.05) is 57.5 Å². The quantitative estimate of drug-likeness (QED) is 0.873. The first-order chi connectivity index (χ1) is 10.6. The maximum Gasteiger partial charge on any atom is 0.239 e. The first-order valence-electron chi connectivity index (χ1n) is 6.97. The normalized spacial score (nSPS) is 19.5. The van der Waals surface area contributed by atoms with Crippen molar-refractivity contribution in [1.29, 1.82) is 0 Å². The molecule has 1 amide bonds. The van der Waals surface area contributed by atoms with Gasteiger partial charge in [0.25, 0.3) is 0 Å². The van der Waals surface area contributed by atoms with Gasteiger partial charge in [0.15, 0.2) is 5.17 Å². The molecule has 0 spiro atoms. The Bertz CT molecular complexity index is 710. The maximum absolute atomic E-state index is 12.1. The molecule has 0 unspecified atom stereocenters. The molecule has 3 nitrogen and oxygen atoms in total. The average Bonchev–Trinajstić information content (AvgIpc) is 2.84. The van der Waals surface area contributed by atoms with E-state index in [9.17, 15) is 4.79 Å². The Morgan fingerprint density at radius 3 is 2.50 bits per heavy atom. The zero-order valence-corrected chi connectivity index (χ0v) is 14.4. The van der Waals surface area contributed by atoms with E-state index in [1.165, 1.54) is 22.9 Å². The monoisotopic (exact) mass is 374 g/mol. The summed E-state index contributed by atoms with van der Waals surface area (Å²) >= 11 is 4.89. The molecule has 0 aliphatic carbocycles. The molecule has 0 aromatic heterocycles. The van der Waals surface area contributed by atoms with E-state index in [0.29, 0.717) is 5.17 Å². The Morgan fingerprint density at radius 2 is 1.82 bits per heavy atom. The molecule has 5 heteroatoms. The van der Waals surface area contributed by atoms with Crippen LogP contribution in [0.4, 0.5) is 5.69 Å². The summed E-state index contributed by atoms with van der Waals surface area (Å²) in [5.74, 6) is 0.0291. The minimum atomic E-state index is -0.114. The van der Waals surface area contributed by atoms with Gasteiger partial charge in [0, 0.05) is 4.47 Å². The Balaban J connectivity index is 1.70. The van der Waals surface area contributed by atoms with Crippen molar-refractivity contribution in [1.82, 2.24) is 5.32 Å². The minimum absolute atomic E-state index is 0.0291. The Hall–Kier alpha value is -1.59. The third kappa shape index (κ3) is 3.78. The molecule has 2 aromatic carbocycles. The number of thioether (sulfide) groups is 1. The van der Waals surface area contributed by atoms with Crippen LogP contribution in [0.25, 0.3) is 0 Å². The predicted molar refractivity (Wildman–Crippen MR) is 95.6 cm³/mol. The van der Waals surface area contributed by atoms with Crippen molar-refractivity contribution < 1.29 is 4.79 Å². The number of benzene rings is 2. The molecule has 1 fully saturated rings. The van der Waals surface area contributed by atoms with Crippen LogP contribution < -0.4 is 5.32 Å². The first-order valence-corrected chi connectivity index (χ1v) is 8.65. The molecule has 3 rings (SSSR count). The number of rotatable bonds is 3. The fraction of sp³-hybridized carbons (Fsp3) is 0.176. The van der Waals surface area contributed by atoms with E-state index in [-0.39, 0.29) is 11.2 Å². The van der Waals surface area contributed by atoms with Gasteiger partial charge in [-0.15, -0.1) is 0 Å². The van der Waals surface area contributed by atoms with E-state index in [1.54, 1.807) is 0 Å². The molecule has 1 aliphatic rings. The van der Waals surface area contributed by atoms with E-state index < -0.39 is 0 Å². The van der Waals surface area contributed by atoms with Gasteiger partial charge in [0.2, 0.25) is 5.91 Å². The summed E-state index contributed by atoms with van der Waals surface area (Å²) in [7, 11) is 0. The van der Waals surface area contributed by atoms with E-state index in [1.807, 2.05) is 24.3 Å². The number of nitrogens with one attached hydrogen (secondary N) is 1. The van der Waals surface area contributed by atoms with Gasteiger partial charge in [0.1, 0.15) is 0 Å². The SMILES string of the molecule is Cc1ccc(C[C@H]2SC(=Nc3ccc(Br)cc3)NC2=O)cc1. The van der Waals surface area contributed by atoms with Crippen molar-refractivity contribution in [3.8, 4) is 0 Å². The van der Waals surface area contributed by atoms with Crippen molar-refractivity contribution in [3.63, 3.8) is 0 Å². The molecule has 0 bridgehead atoms. The van der Waals surface area contributed by atoms with Crippen LogP contribution in [-0.4, -0.2) is 16.3 Å². The highest BCUT2D eigenvalue weighted by Crippen LogP contribution is 2.26. The standard InChI is InChI=1S/C17H15BrN2OS/c1-11-2-4-12(5-3-11)10-15-16(21)20-17(22-15)19-14-8-6-13(18)7-9-14/h2-9,15H,10H2,1H3,(H,19,20,21)/t15-/m1/s1. The van der Waals surface area contributed by atoms with Crippen LogP contribution in [0.5, 0.6) is 0 Å². The summed E-state index contributed by atoms with van der Waals surface area (Å²) in [6.07, 6.45) is 0.718. The summed E-state index contributed by atoms with van der Waals surface area (Å²) in [5.41, 5.74) is 3.23. The molecular formula is C17H15BrN2OS. The zero-order valence-electron chi connectivity index (χ0n) is 12.0. The molecule has 112 valence electrons. The smallest absolute Gasteiger partial charge is 0.239 e. The van der Waals surface area contributed by atoms with Crippen molar-refractivity contribution in [2.75, 3.05) is 0 Å². The van der Waals surface area contributed by atoms with Crippen LogP contribution in [-0.2, 0) is 11.2 Å². The fourth-order valence-corrected chi connectivity index (χ4v) is 3.46. The van der Waals surface area contributed by atoms with E-state index >= 15 is 0 Å². The molecule has 2 aromatic rings. The molecule has 1 saturated heterocycles. The number of amides is 1. The van der Waals surface area contributed by atoms with E-state index in [4.69, 9.17) is 0 Å². The van der Waals surface area contributed by atoms with Gasteiger partial charge in [-0.25, -0.2) is 4.99 Å². The van der Waals surface area contributed by atoms with Crippen molar-refractivity contribution in [3.05, 3.63) is 64.1 Å². The van der Waals surface area contributed by atoms with Crippen molar-refractivity contribution in [2.24, 2.45) is 4.99 Å². The van der Waals surface area contributed by atoms with Gasteiger partial charge in [-0.2, -0.15) is 0 Å². The second-order valence-corrected chi connectivity index (χ2v) is 7.29. The molecule has 1 aliphatic heterocycles. The summed E-state index contributed by atoms with van der Waals surface area (Å²) in [5, 5.41) is 3.42. The molecule has 1 atom stereocenters. The highest BCUT2D eigenvalue weighted by molar-refractivity contribution is 9.10. The number of hydrogen-bond donors (Lipinski definition) is 1. The van der Waals surface area contributed by atoms with Crippen LogP contribution in [0.2, 0.25) is 0 Å². The number of aryl methyl sites for hydroxylation is 1. The fourth-order valence-electron chi connectivity index (χ4n) is 2.16. The number of carbonyl (C=O) groups is 1. The third-order valence-electron chi connectivity index (χ3n) is 3.38. The minimum Gasteiger partial charge on any atom is -0.304 e. The Morgan fingerprint density at radius 1 is 1.14 bits per heavy atom. The van der Waals surface area contributed by atoms with Gasteiger partial charge >= 0.3 is 0 Å². The summed E-state index contributed by atoms with van der Waals surface area (Å²) in [4.78, 5) is 16.6.